The van der Waals surface area contributed by atoms with Gasteiger partial charge in [-0.05, 0) is 31.2 Å². The lowest BCUT2D eigenvalue weighted by Crippen LogP contribution is -2.63. The zero-order valence-corrected chi connectivity index (χ0v) is 15.7. The molecule has 1 saturated heterocycles. The van der Waals surface area contributed by atoms with Crippen LogP contribution in [0.15, 0.2) is 66.7 Å². The van der Waals surface area contributed by atoms with Crippen molar-refractivity contribution in [2.45, 2.75) is 31.7 Å². The number of benzene rings is 2. The summed E-state index contributed by atoms with van der Waals surface area (Å²) in [6.07, 6.45) is 2.90. The Morgan fingerprint density at radius 2 is 1.70 bits per heavy atom. The van der Waals surface area contributed by atoms with Crippen molar-refractivity contribution in [3.8, 4) is 0 Å². The van der Waals surface area contributed by atoms with Gasteiger partial charge in [-0.1, -0.05) is 66.7 Å². The molecule has 0 unspecified atom stereocenters. The van der Waals surface area contributed by atoms with E-state index in [4.69, 9.17) is 9.47 Å². The van der Waals surface area contributed by atoms with E-state index >= 15 is 0 Å². The average molecular weight is 365 g/mol. The van der Waals surface area contributed by atoms with Crippen LogP contribution in [0, 0.1) is 0 Å². The number of hydrogen-bond acceptors (Lipinski definition) is 5. The number of cyclic esters (lactones) is 1. The predicted molar refractivity (Wildman–Crippen MR) is 102 cm³/mol. The van der Waals surface area contributed by atoms with Crippen LogP contribution in [-0.4, -0.2) is 35.7 Å². The Hall–Kier alpha value is -2.92. The highest BCUT2D eigenvalue weighted by Crippen LogP contribution is 2.37. The van der Waals surface area contributed by atoms with Gasteiger partial charge in [0.1, 0.15) is 6.10 Å². The van der Waals surface area contributed by atoms with E-state index in [1.54, 1.807) is 24.1 Å². The molecule has 5 nitrogen and oxygen atoms in total. The van der Waals surface area contributed by atoms with Crippen molar-refractivity contribution in [3.63, 3.8) is 0 Å². The smallest absolute Gasteiger partial charge is 0.371 e. The minimum absolute atomic E-state index is 0.204. The van der Waals surface area contributed by atoms with Crippen molar-refractivity contribution in [3.05, 3.63) is 77.9 Å². The van der Waals surface area contributed by atoms with Crippen molar-refractivity contribution >= 4 is 18.0 Å². The molecule has 0 aromatic heterocycles. The van der Waals surface area contributed by atoms with Crippen LogP contribution in [0.2, 0.25) is 0 Å². The molecule has 3 rings (SSSR count). The standard InChI is InChI=1S/C22H23NO4/c1-16-20(19-12-8-5-9-13-19)26-21(25)22(23(16)3,27-17(2)24)15-14-18-10-6-4-7-11-18/h4-16,20H,1-3H3/b15-14+/t16-,20-,22-/m0/s1. The molecule has 1 heterocycles. The Morgan fingerprint density at radius 3 is 2.30 bits per heavy atom. The molecule has 0 spiro atoms. The molecule has 0 N–H and O–H groups in total. The second-order valence-electron chi connectivity index (χ2n) is 6.62. The third-order valence-corrected chi connectivity index (χ3v) is 4.83. The molecule has 1 aliphatic heterocycles. The van der Waals surface area contributed by atoms with Crippen LogP contribution in [0.5, 0.6) is 0 Å². The van der Waals surface area contributed by atoms with Gasteiger partial charge in [-0.25, -0.2) is 9.69 Å². The van der Waals surface area contributed by atoms with Crippen LogP contribution in [-0.2, 0) is 19.1 Å². The highest BCUT2D eigenvalue weighted by molar-refractivity contribution is 5.87. The number of morpholine rings is 1. The van der Waals surface area contributed by atoms with Gasteiger partial charge in [0, 0.05) is 6.92 Å². The number of nitrogens with zero attached hydrogens (tertiary/aromatic N) is 1. The Labute approximate surface area is 159 Å². The number of likely N-dealkylation sites (N-methyl/N-ethyl adjacent to an activating group) is 1. The van der Waals surface area contributed by atoms with Crippen LogP contribution in [0.1, 0.15) is 31.1 Å². The van der Waals surface area contributed by atoms with Crippen LogP contribution in [0.3, 0.4) is 0 Å². The zero-order valence-electron chi connectivity index (χ0n) is 15.7. The van der Waals surface area contributed by atoms with Gasteiger partial charge in [-0.3, -0.25) is 4.79 Å². The normalized spacial score (nSPS) is 26.0. The summed E-state index contributed by atoms with van der Waals surface area (Å²) in [5.74, 6) is -1.17. The summed E-state index contributed by atoms with van der Waals surface area (Å²) < 4.78 is 11.3. The Balaban J connectivity index is 1.97. The second kappa shape index (κ2) is 7.76. The number of rotatable bonds is 4. The molecule has 2 aromatic rings. The first-order valence-corrected chi connectivity index (χ1v) is 8.87. The Kier molecular flexibility index (Phi) is 5.42. The van der Waals surface area contributed by atoms with Crippen molar-refractivity contribution in [1.82, 2.24) is 4.90 Å². The molecule has 0 amide bonds. The van der Waals surface area contributed by atoms with E-state index in [1.165, 1.54) is 6.92 Å². The minimum Gasteiger partial charge on any atom is -0.452 e. The topological polar surface area (TPSA) is 55.8 Å². The van der Waals surface area contributed by atoms with Gasteiger partial charge in [-0.2, -0.15) is 0 Å². The van der Waals surface area contributed by atoms with Crippen LogP contribution >= 0.6 is 0 Å². The van der Waals surface area contributed by atoms with Crippen molar-refractivity contribution in [2.24, 2.45) is 0 Å². The first-order chi connectivity index (χ1) is 12.9. The van der Waals surface area contributed by atoms with Gasteiger partial charge >= 0.3 is 11.9 Å². The van der Waals surface area contributed by atoms with E-state index in [-0.39, 0.29) is 6.04 Å². The summed E-state index contributed by atoms with van der Waals surface area (Å²) in [7, 11) is 1.76. The molecule has 0 saturated carbocycles. The predicted octanol–water partition coefficient (Wildman–Crippen LogP) is 3.58. The van der Waals surface area contributed by atoms with Crippen molar-refractivity contribution in [1.29, 1.82) is 0 Å². The van der Waals surface area contributed by atoms with Gasteiger partial charge in [0.2, 0.25) is 0 Å². The first kappa shape index (κ1) is 18.9. The van der Waals surface area contributed by atoms with E-state index in [1.807, 2.05) is 67.6 Å². The third-order valence-electron chi connectivity index (χ3n) is 4.83. The summed E-state index contributed by atoms with van der Waals surface area (Å²) in [4.78, 5) is 26.6. The van der Waals surface area contributed by atoms with Gasteiger partial charge in [0.05, 0.1) is 6.04 Å². The molecular weight excluding hydrogens is 342 g/mol. The maximum atomic E-state index is 13.0. The monoisotopic (exact) mass is 365 g/mol. The maximum absolute atomic E-state index is 13.0. The molecule has 5 heteroatoms. The molecule has 0 radical (unpaired) electrons. The number of ether oxygens (including phenoxy) is 2. The molecule has 0 aliphatic carbocycles. The SMILES string of the molecule is CC(=O)O[C@@]1(/C=C/c2ccccc2)C(=O)O[C@H](c2ccccc2)[C@H](C)N1C. The minimum atomic E-state index is -1.60. The fraction of sp³-hybridized carbons (Fsp3) is 0.273. The van der Waals surface area contributed by atoms with Crippen LogP contribution < -0.4 is 0 Å². The second-order valence-corrected chi connectivity index (χ2v) is 6.62. The Bertz CT molecular complexity index is 834. The first-order valence-electron chi connectivity index (χ1n) is 8.87. The maximum Gasteiger partial charge on any atom is 0.371 e. The molecule has 0 bridgehead atoms. The third kappa shape index (κ3) is 3.78. The molecule has 1 fully saturated rings. The van der Waals surface area contributed by atoms with Crippen molar-refractivity contribution < 1.29 is 19.1 Å². The fourth-order valence-corrected chi connectivity index (χ4v) is 3.26. The lowest BCUT2D eigenvalue weighted by Gasteiger charge is -2.46. The van der Waals surface area contributed by atoms with Crippen LogP contribution in [0.25, 0.3) is 6.08 Å². The lowest BCUT2D eigenvalue weighted by atomic mass is 9.96. The number of carbonyl (C=O) groups excluding carboxylic acids is 2. The van der Waals surface area contributed by atoms with E-state index in [0.29, 0.717) is 0 Å². The van der Waals surface area contributed by atoms with E-state index in [2.05, 4.69) is 0 Å². The highest BCUT2D eigenvalue weighted by atomic mass is 16.6. The number of carbonyl (C=O) groups is 2. The fourth-order valence-electron chi connectivity index (χ4n) is 3.26. The van der Waals surface area contributed by atoms with E-state index < -0.39 is 23.8 Å². The van der Waals surface area contributed by atoms with E-state index in [9.17, 15) is 9.59 Å². The van der Waals surface area contributed by atoms with Gasteiger partial charge < -0.3 is 9.47 Å². The molecule has 27 heavy (non-hydrogen) atoms. The van der Waals surface area contributed by atoms with Crippen LogP contribution in [0.4, 0.5) is 0 Å². The largest absolute Gasteiger partial charge is 0.452 e. The van der Waals surface area contributed by atoms with Gasteiger partial charge in [-0.15, -0.1) is 0 Å². The summed E-state index contributed by atoms with van der Waals surface area (Å²) in [6.45, 7) is 3.23. The quantitative estimate of drug-likeness (QED) is 0.775. The molecule has 2 aromatic carbocycles. The molecular formula is C22H23NO4. The zero-order chi connectivity index (χ0) is 19.4. The Morgan fingerprint density at radius 1 is 1.11 bits per heavy atom. The summed E-state index contributed by atoms with van der Waals surface area (Å²) in [6, 6.07) is 18.9. The van der Waals surface area contributed by atoms with E-state index in [0.717, 1.165) is 11.1 Å². The van der Waals surface area contributed by atoms with Crippen molar-refractivity contribution in [2.75, 3.05) is 7.05 Å². The summed E-state index contributed by atoms with van der Waals surface area (Å²) in [5, 5.41) is 0. The molecule has 140 valence electrons. The number of hydrogen-bond donors (Lipinski definition) is 0. The molecule has 1 aliphatic rings. The summed E-state index contributed by atoms with van der Waals surface area (Å²) >= 11 is 0. The van der Waals surface area contributed by atoms with Gasteiger partial charge in [0.25, 0.3) is 5.72 Å². The summed E-state index contributed by atoms with van der Waals surface area (Å²) in [5.41, 5.74) is 0.184. The van der Waals surface area contributed by atoms with Gasteiger partial charge in [0.15, 0.2) is 0 Å². The lowest BCUT2D eigenvalue weighted by molar-refractivity contribution is -0.223. The average Bonchev–Trinajstić information content (AvgIpc) is 2.68. The molecule has 3 atom stereocenters. The number of esters is 2. The highest BCUT2D eigenvalue weighted by Gasteiger charge is 2.54.